The van der Waals surface area contributed by atoms with Gasteiger partial charge in [-0.3, -0.25) is 0 Å². The SMILES string of the molecule is CC1=CC(c2ccccc2)(c2ccccc2)C(=O)O1. The number of esters is 1. The highest BCUT2D eigenvalue weighted by molar-refractivity contribution is 5.93. The summed E-state index contributed by atoms with van der Waals surface area (Å²) in [5.41, 5.74) is 1.05. The standard InChI is InChI=1S/C17H14O2/c1-13-12-17(16(18)19-13,14-8-4-2-5-9-14)15-10-6-3-7-11-15/h2-12H,1H3. The summed E-state index contributed by atoms with van der Waals surface area (Å²) >= 11 is 0. The van der Waals surface area contributed by atoms with Crippen LogP contribution in [0.3, 0.4) is 0 Å². The van der Waals surface area contributed by atoms with Gasteiger partial charge in [0.25, 0.3) is 0 Å². The van der Waals surface area contributed by atoms with Gasteiger partial charge in [-0.15, -0.1) is 0 Å². The first kappa shape index (κ1) is 11.7. The third-order valence-corrected chi connectivity index (χ3v) is 3.45. The second-order valence-electron chi connectivity index (χ2n) is 4.68. The van der Waals surface area contributed by atoms with Gasteiger partial charge in [0.2, 0.25) is 0 Å². The fraction of sp³-hybridized carbons (Fsp3) is 0.118. The molecule has 0 unspecified atom stereocenters. The molecule has 2 aromatic carbocycles. The number of ether oxygens (including phenoxy) is 1. The second-order valence-corrected chi connectivity index (χ2v) is 4.68. The van der Waals surface area contributed by atoms with Crippen molar-refractivity contribution in [1.82, 2.24) is 0 Å². The summed E-state index contributed by atoms with van der Waals surface area (Å²) in [5, 5.41) is 0. The average molecular weight is 250 g/mol. The molecule has 0 aromatic heterocycles. The van der Waals surface area contributed by atoms with Gasteiger partial charge >= 0.3 is 5.97 Å². The molecule has 0 saturated heterocycles. The topological polar surface area (TPSA) is 26.3 Å². The fourth-order valence-corrected chi connectivity index (χ4v) is 2.59. The predicted molar refractivity (Wildman–Crippen MR) is 73.5 cm³/mol. The Labute approximate surface area is 112 Å². The minimum Gasteiger partial charge on any atom is -0.431 e. The summed E-state index contributed by atoms with van der Waals surface area (Å²) in [7, 11) is 0. The van der Waals surface area contributed by atoms with Crippen molar-refractivity contribution >= 4 is 5.97 Å². The molecule has 0 aliphatic carbocycles. The van der Waals surface area contributed by atoms with Crippen LogP contribution in [0, 0.1) is 0 Å². The smallest absolute Gasteiger partial charge is 0.330 e. The van der Waals surface area contributed by atoms with E-state index in [9.17, 15) is 4.79 Å². The summed E-state index contributed by atoms with van der Waals surface area (Å²) in [6.45, 7) is 1.81. The van der Waals surface area contributed by atoms with Crippen LogP contribution < -0.4 is 0 Å². The Bertz CT molecular complexity index is 587. The molecule has 2 heteroatoms. The highest BCUT2D eigenvalue weighted by Crippen LogP contribution is 2.40. The minimum atomic E-state index is -0.813. The molecule has 0 bridgehead atoms. The molecule has 19 heavy (non-hydrogen) atoms. The molecule has 0 saturated carbocycles. The van der Waals surface area contributed by atoms with Crippen molar-refractivity contribution in [3.8, 4) is 0 Å². The normalized spacial score (nSPS) is 16.9. The van der Waals surface area contributed by atoms with Gasteiger partial charge in [0, 0.05) is 0 Å². The minimum absolute atomic E-state index is 0.234. The van der Waals surface area contributed by atoms with Crippen LogP contribution in [0.4, 0.5) is 0 Å². The first-order chi connectivity index (χ1) is 9.23. The molecule has 0 fully saturated rings. The van der Waals surface area contributed by atoms with E-state index < -0.39 is 5.41 Å². The van der Waals surface area contributed by atoms with Crippen LogP contribution in [0.5, 0.6) is 0 Å². The van der Waals surface area contributed by atoms with E-state index in [1.807, 2.05) is 73.7 Å². The molecule has 94 valence electrons. The number of carbonyl (C=O) groups excluding carboxylic acids is 1. The lowest BCUT2D eigenvalue weighted by atomic mass is 9.75. The van der Waals surface area contributed by atoms with Crippen LogP contribution in [0.2, 0.25) is 0 Å². The molecule has 0 radical (unpaired) electrons. The molecule has 2 aromatic rings. The molecule has 0 N–H and O–H groups in total. The highest BCUT2D eigenvalue weighted by Gasteiger charge is 2.46. The predicted octanol–water partition coefficient (Wildman–Crippen LogP) is 3.43. The number of benzene rings is 2. The average Bonchev–Trinajstić information content (AvgIpc) is 2.76. The van der Waals surface area contributed by atoms with Crippen LogP contribution in [-0.4, -0.2) is 5.97 Å². The molecule has 0 amide bonds. The molecule has 3 rings (SSSR count). The number of hydrogen-bond donors (Lipinski definition) is 0. The summed E-state index contributed by atoms with van der Waals surface area (Å²) in [6.07, 6.45) is 1.90. The van der Waals surface area contributed by atoms with E-state index in [-0.39, 0.29) is 5.97 Å². The van der Waals surface area contributed by atoms with E-state index in [1.54, 1.807) is 0 Å². The van der Waals surface area contributed by atoms with Crippen molar-refractivity contribution in [3.05, 3.63) is 83.6 Å². The quantitative estimate of drug-likeness (QED) is 0.763. The van der Waals surface area contributed by atoms with Crippen LogP contribution in [0.25, 0.3) is 0 Å². The first-order valence-electron chi connectivity index (χ1n) is 6.26. The molecule has 1 aliphatic rings. The maximum absolute atomic E-state index is 12.4. The van der Waals surface area contributed by atoms with Gasteiger partial charge in [0.05, 0.1) is 0 Å². The number of cyclic esters (lactones) is 1. The van der Waals surface area contributed by atoms with Crippen LogP contribution in [0.1, 0.15) is 18.1 Å². The zero-order valence-electron chi connectivity index (χ0n) is 10.7. The van der Waals surface area contributed by atoms with Gasteiger partial charge in [-0.2, -0.15) is 0 Å². The largest absolute Gasteiger partial charge is 0.431 e. The van der Waals surface area contributed by atoms with E-state index in [0.717, 1.165) is 11.1 Å². The number of carbonyl (C=O) groups is 1. The zero-order valence-corrected chi connectivity index (χ0v) is 10.7. The molecule has 0 atom stereocenters. The third-order valence-electron chi connectivity index (χ3n) is 3.45. The molecule has 1 aliphatic heterocycles. The Kier molecular flexibility index (Phi) is 2.71. The van der Waals surface area contributed by atoms with E-state index in [0.29, 0.717) is 5.76 Å². The van der Waals surface area contributed by atoms with Crippen LogP contribution in [-0.2, 0) is 14.9 Å². The van der Waals surface area contributed by atoms with Crippen molar-refractivity contribution in [2.75, 3.05) is 0 Å². The van der Waals surface area contributed by atoms with Gasteiger partial charge in [-0.1, -0.05) is 60.7 Å². The molecule has 2 nitrogen and oxygen atoms in total. The van der Waals surface area contributed by atoms with Crippen molar-refractivity contribution in [2.45, 2.75) is 12.3 Å². The van der Waals surface area contributed by atoms with Crippen molar-refractivity contribution in [1.29, 1.82) is 0 Å². The lowest BCUT2D eigenvalue weighted by molar-refractivity contribution is -0.140. The fourth-order valence-electron chi connectivity index (χ4n) is 2.59. The number of allylic oxidation sites excluding steroid dienone is 1. The molecule has 0 spiro atoms. The lowest BCUT2D eigenvalue weighted by Crippen LogP contribution is -2.32. The molecule has 1 heterocycles. The van der Waals surface area contributed by atoms with Crippen molar-refractivity contribution < 1.29 is 9.53 Å². The van der Waals surface area contributed by atoms with E-state index in [4.69, 9.17) is 4.74 Å². The first-order valence-corrected chi connectivity index (χ1v) is 6.26. The number of rotatable bonds is 2. The van der Waals surface area contributed by atoms with Gasteiger partial charge < -0.3 is 4.74 Å². The summed E-state index contributed by atoms with van der Waals surface area (Å²) in [6, 6.07) is 19.5. The highest BCUT2D eigenvalue weighted by atomic mass is 16.5. The Morgan fingerprint density at radius 3 is 1.68 bits per heavy atom. The van der Waals surface area contributed by atoms with Crippen molar-refractivity contribution in [2.24, 2.45) is 0 Å². The van der Waals surface area contributed by atoms with E-state index in [1.165, 1.54) is 0 Å². The Hall–Kier alpha value is -2.35. The van der Waals surface area contributed by atoms with Gasteiger partial charge in [-0.05, 0) is 24.1 Å². The Morgan fingerprint density at radius 2 is 1.32 bits per heavy atom. The zero-order chi connectivity index (χ0) is 13.3. The Morgan fingerprint density at radius 1 is 0.842 bits per heavy atom. The molecular formula is C17H14O2. The lowest BCUT2D eigenvalue weighted by Gasteiger charge is -2.24. The van der Waals surface area contributed by atoms with Crippen LogP contribution in [0.15, 0.2) is 72.5 Å². The van der Waals surface area contributed by atoms with Gasteiger partial charge in [0.15, 0.2) is 0 Å². The van der Waals surface area contributed by atoms with Gasteiger partial charge in [0.1, 0.15) is 11.2 Å². The Balaban J connectivity index is 2.26. The van der Waals surface area contributed by atoms with E-state index >= 15 is 0 Å². The maximum Gasteiger partial charge on any atom is 0.330 e. The van der Waals surface area contributed by atoms with Gasteiger partial charge in [-0.25, -0.2) is 4.79 Å². The molecular weight excluding hydrogens is 236 g/mol. The summed E-state index contributed by atoms with van der Waals surface area (Å²) in [5.74, 6) is 0.417. The summed E-state index contributed by atoms with van der Waals surface area (Å²) < 4.78 is 5.31. The monoisotopic (exact) mass is 250 g/mol. The maximum atomic E-state index is 12.4. The third kappa shape index (κ3) is 1.76. The van der Waals surface area contributed by atoms with E-state index in [2.05, 4.69) is 0 Å². The summed E-state index contributed by atoms with van der Waals surface area (Å²) in [4.78, 5) is 12.4. The van der Waals surface area contributed by atoms with Crippen molar-refractivity contribution in [3.63, 3.8) is 0 Å². The second kappa shape index (κ2) is 4.39. The number of hydrogen-bond acceptors (Lipinski definition) is 2. The van der Waals surface area contributed by atoms with Crippen LogP contribution >= 0.6 is 0 Å².